The molecule has 4 rings (SSSR count). The number of halogens is 1. The molecule has 5 heteroatoms. The van der Waals surface area contributed by atoms with Gasteiger partial charge < -0.3 is 9.84 Å². The minimum atomic E-state index is -0.904. The number of pyridine rings is 1. The molecule has 0 aliphatic carbocycles. The van der Waals surface area contributed by atoms with Crippen LogP contribution in [-0.2, 0) is 16.9 Å². The van der Waals surface area contributed by atoms with Crippen LogP contribution in [0.1, 0.15) is 36.9 Å². The Morgan fingerprint density at radius 3 is 2.54 bits per heavy atom. The van der Waals surface area contributed by atoms with E-state index in [-0.39, 0.29) is 11.4 Å². The largest absolute Gasteiger partial charge is 0.383 e. The molecule has 1 N–H and O–H groups in total. The highest BCUT2D eigenvalue weighted by atomic mass is 19.1. The molecule has 2 fully saturated rings. The summed E-state index contributed by atoms with van der Waals surface area (Å²) < 4.78 is 19.2. The minimum Gasteiger partial charge on any atom is -0.383 e. The lowest BCUT2D eigenvalue weighted by atomic mass is 9.75. The van der Waals surface area contributed by atoms with E-state index in [1.807, 2.05) is 30.3 Å². The van der Waals surface area contributed by atoms with Crippen LogP contribution in [-0.4, -0.2) is 40.3 Å². The van der Waals surface area contributed by atoms with Crippen LogP contribution in [0.4, 0.5) is 4.39 Å². The van der Waals surface area contributed by atoms with E-state index >= 15 is 0 Å². The molecule has 2 saturated heterocycles. The fourth-order valence-corrected chi connectivity index (χ4v) is 4.25. The standard InChI is InChI=1S/C21H25FN2O2/c22-18-6-4-17(5-7-18)15-24-12-8-20(9-13-24)16-21(25,10-14-26-20)19-3-1-2-11-23-19/h1-7,11,25H,8-10,12-16H2. The summed E-state index contributed by atoms with van der Waals surface area (Å²) in [6.07, 6.45) is 4.71. The van der Waals surface area contributed by atoms with Crippen LogP contribution in [0.5, 0.6) is 0 Å². The van der Waals surface area contributed by atoms with Gasteiger partial charge in [0.25, 0.3) is 0 Å². The summed E-state index contributed by atoms with van der Waals surface area (Å²) in [5, 5.41) is 11.2. The Bertz CT molecular complexity index is 729. The molecule has 2 aromatic rings. The maximum absolute atomic E-state index is 13.1. The quantitative estimate of drug-likeness (QED) is 0.917. The van der Waals surface area contributed by atoms with Crippen LogP contribution < -0.4 is 0 Å². The number of hydrogen-bond donors (Lipinski definition) is 1. The first-order chi connectivity index (χ1) is 12.6. The van der Waals surface area contributed by atoms with Gasteiger partial charge in [-0.3, -0.25) is 9.88 Å². The smallest absolute Gasteiger partial charge is 0.123 e. The summed E-state index contributed by atoms with van der Waals surface area (Å²) in [5.74, 6) is -0.198. The Morgan fingerprint density at radius 1 is 1.08 bits per heavy atom. The maximum atomic E-state index is 13.1. The molecular weight excluding hydrogens is 331 g/mol. The molecule has 2 aliphatic rings. The van der Waals surface area contributed by atoms with Gasteiger partial charge in [-0.05, 0) is 42.7 Å². The van der Waals surface area contributed by atoms with Crippen molar-refractivity contribution in [3.63, 3.8) is 0 Å². The molecule has 1 aromatic heterocycles. The lowest BCUT2D eigenvalue weighted by Crippen LogP contribution is -2.53. The van der Waals surface area contributed by atoms with E-state index in [4.69, 9.17) is 4.74 Å². The average Bonchev–Trinajstić information content (AvgIpc) is 2.66. The molecule has 0 amide bonds. The first-order valence-corrected chi connectivity index (χ1v) is 9.32. The third-order valence-electron chi connectivity index (χ3n) is 5.77. The molecule has 3 heterocycles. The minimum absolute atomic E-state index is 0.198. The van der Waals surface area contributed by atoms with E-state index in [9.17, 15) is 9.50 Å². The number of likely N-dealkylation sites (tertiary alicyclic amines) is 1. The van der Waals surface area contributed by atoms with Crippen LogP contribution in [0.2, 0.25) is 0 Å². The monoisotopic (exact) mass is 356 g/mol. The molecule has 1 spiro atoms. The Hall–Kier alpha value is -1.82. The molecule has 1 unspecified atom stereocenters. The molecule has 1 aromatic carbocycles. The molecule has 4 nitrogen and oxygen atoms in total. The third kappa shape index (κ3) is 3.65. The van der Waals surface area contributed by atoms with Crippen LogP contribution in [0.25, 0.3) is 0 Å². The van der Waals surface area contributed by atoms with Crippen molar-refractivity contribution in [3.8, 4) is 0 Å². The van der Waals surface area contributed by atoms with Crippen LogP contribution >= 0.6 is 0 Å². The highest BCUT2D eigenvalue weighted by Crippen LogP contribution is 2.43. The number of nitrogens with zero attached hydrogens (tertiary/aromatic N) is 2. The van der Waals surface area contributed by atoms with Crippen molar-refractivity contribution >= 4 is 0 Å². The number of ether oxygens (including phenoxy) is 1. The van der Waals surface area contributed by atoms with Gasteiger partial charge >= 0.3 is 0 Å². The van der Waals surface area contributed by atoms with Gasteiger partial charge in [-0.15, -0.1) is 0 Å². The number of aliphatic hydroxyl groups is 1. The highest BCUT2D eigenvalue weighted by molar-refractivity contribution is 5.17. The van der Waals surface area contributed by atoms with Crippen molar-refractivity contribution in [1.82, 2.24) is 9.88 Å². The first kappa shape index (κ1) is 17.6. The Morgan fingerprint density at radius 2 is 1.85 bits per heavy atom. The Balaban J connectivity index is 1.40. The van der Waals surface area contributed by atoms with Crippen LogP contribution in [0, 0.1) is 5.82 Å². The molecule has 0 radical (unpaired) electrons. The number of aromatic nitrogens is 1. The zero-order valence-electron chi connectivity index (χ0n) is 14.9. The van der Waals surface area contributed by atoms with Gasteiger partial charge in [-0.2, -0.15) is 0 Å². The fraction of sp³-hybridized carbons (Fsp3) is 0.476. The van der Waals surface area contributed by atoms with Gasteiger partial charge in [0.05, 0.1) is 17.9 Å². The van der Waals surface area contributed by atoms with Crippen molar-refractivity contribution in [2.75, 3.05) is 19.7 Å². The van der Waals surface area contributed by atoms with Gasteiger partial charge in [0.15, 0.2) is 0 Å². The van der Waals surface area contributed by atoms with Crippen LogP contribution in [0.3, 0.4) is 0 Å². The maximum Gasteiger partial charge on any atom is 0.123 e. The van der Waals surface area contributed by atoms with Crippen molar-refractivity contribution in [3.05, 3.63) is 65.7 Å². The van der Waals surface area contributed by atoms with Gasteiger partial charge in [0.2, 0.25) is 0 Å². The lowest BCUT2D eigenvalue weighted by molar-refractivity contribution is -0.183. The molecule has 1 atom stereocenters. The predicted octanol–water partition coefficient (Wildman–Crippen LogP) is 3.25. The van der Waals surface area contributed by atoms with Crippen molar-refractivity contribution in [1.29, 1.82) is 0 Å². The summed E-state index contributed by atoms with van der Waals surface area (Å²) in [7, 11) is 0. The molecule has 26 heavy (non-hydrogen) atoms. The van der Waals surface area contributed by atoms with Gasteiger partial charge in [0, 0.05) is 38.7 Å². The number of piperidine rings is 1. The van der Waals surface area contributed by atoms with E-state index in [0.29, 0.717) is 19.4 Å². The van der Waals surface area contributed by atoms with Crippen molar-refractivity contribution < 1.29 is 14.2 Å². The normalized spacial score (nSPS) is 26.1. The number of benzene rings is 1. The molecule has 138 valence electrons. The Labute approximate surface area is 153 Å². The van der Waals surface area contributed by atoms with E-state index in [0.717, 1.165) is 43.7 Å². The molecule has 0 saturated carbocycles. The van der Waals surface area contributed by atoms with Gasteiger partial charge in [-0.25, -0.2) is 4.39 Å². The molecule has 0 bridgehead atoms. The second kappa shape index (κ2) is 7.06. The fourth-order valence-electron chi connectivity index (χ4n) is 4.25. The van der Waals surface area contributed by atoms with E-state index in [1.54, 1.807) is 6.20 Å². The molecule has 2 aliphatic heterocycles. The third-order valence-corrected chi connectivity index (χ3v) is 5.77. The summed E-state index contributed by atoms with van der Waals surface area (Å²) in [6.45, 7) is 3.21. The topological polar surface area (TPSA) is 45.6 Å². The second-order valence-electron chi connectivity index (χ2n) is 7.61. The average molecular weight is 356 g/mol. The molecular formula is C21H25FN2O2. The summed E-state index contributed by atoms with van der Waals surface area (Å²) >= 11 is 0. The van der Waals surface area contributed by atoms with E-state index < -0.39 is 5.60 Å². The van der Waals surface area contributed by atoms with Crippen LogP contribution in [0.15, 0.2) is 48.7 Å². The summed E-state index contributed by atoms with van der Waals surface area (Å²) in [4.78, 5) is 6.75. The van der Waals surface area contributed by atoms with Gasteiger partial charge in [0.1, 0.15) is 11.4 Å². The van der Waals surface area contributed by atoms with Gasteiger partial charge in [-0.1, -0.05) is 18.2 Å². The SMILES string of the molecule is OC1(c2ccccn2)CCOC2(CCN(Cc3ccc(F)cc3)CC2)C1. The first-order valence-electron chi connectivity index (χ1n) is 9.32. The second-order valence-corrected chi connectivity index (χ2v) is 7.61. The zero-order valence-corrected chi connectivity index (χ0v) is 14.9. The highest BCUT2D eigenvalue weighted by Gasteiger charge is 2.47. The summed E-state index contributed by atoms with van der Waals surface area (Å²) in [6, 6.07) is 12.4. The predicted molar refractivity (Wildman–Crippen MR) is 97.0 cm³/mol. The summed E-state index contributed by atoms with van der Waals surface area (Å²) in [5.41, 5.74) is 0.691. The number of rotatable bonds is 3. The van der Waals surface area contributed by atoms with E-state index in [2.05, 4.69) is 9.88 Å². The number of hydrogen-bond acceptors (Lipinski definition) is 4. The zero-order chi connectivity index (χ0) is 18.0. The van der Waals surface area contributed by atoms with Crippen molar-refractivity contribution in [2.45, 2.75) is 43.4 Å². The lowest BCUT2D eigenvalue weighted by Gasteiger charge is -2.49. The van der Waals surface area contributed by atoms with E-state index in [1.165, 1.54) is 12.1 Å². The Kier molecular flexibility index (Phi) is 4.78. The van der Waals surface area contributed by atoms with Crippen molar-refractivity contribution in [2.24, 2.45) is 0 Å².